The van der Waals surface area contributed by atoms with Crippen molar-refractivity contribution in [2.75, 3.05) is 23.3 Å². The highest BCUT2D eigenvalue weighted by atomic mass is 15.3. The van der Waals surface area contributed by atoms with Crippen LogP contribution in [0.15, 0.2) is 43.2 Å². The van der Waals surface area contributed by atoms with Gasteiger partial charge in [0.15, 0.2) is 5.65 Å². The maximum absolute atomic E-state index is 8.95. The molecule has 0 bridgehead atoms. The van der Waals surface area contributed by atoms with Gasteiger partial charge in [0.2, 0.25) is 5.95 Å². The molecule has 2 atom stereocenters. The Hall–Kier alpha value is -4.00. The first-order valence-electron chi connectivity index (χ1n) is 10.3. The number of aryl methyl sites for hydroxylation is 1. The summed E-state index contributed by atoms with van der Waals surface area (Å²) in [4.78, 5) is 15.6. The normalized spacial score (nSPS) is 18.4. The minimum atomic E-state index is 0.202. The van der Waals surface area contributed by atoms with E-state index in [1.807, 2.05) is 29.3 Å². The molecule has 5 heterocycles. The first-order chi connectivity index (χ1) is 15.1. The van der Waals surface area contributed by atoms with E-state index < -0.39 is 0 Å². The summed E-state index contributed by atoms with van der Waals surface area (Å²) in [6.07, 6.45) is 10.6. The number of fused-ring (bicyclic) bond motifs is 1. The maximum Gasteiger partial charge on any atom is 0.225 e. The molecule has 5 rings (SSSR count). The Labute approximate surface area is 179 Å². The summed E-state index contributed by atoms with van der Waals surface area (Å²) in [7, 11) is 0. The Morgan fingerprint density at radius 2 is 2.00 bits per heavy atom. The summed E-state index contributed by atoms with van der Waals surface area (Å²) in [5.74, 6) is 1.02. The number of hydrogen-bond acceptors (Lipinski definition) is 8. The molecule has 0 amide bonds. The minimum Gasteiger partial charge on any atom is -0.377 e. The average Bonchev–Trinajstić information content (AvgIpc) is 3.52. The van der Waals surface area contributed by atoms with Crippen LogP contribution in [-0.2, 0) is 6.54 Å². The Morgan fingerprint density at radius 3 is 2.74 bits per heavy atom. The molecule has 0 aliphatic carbocycles. The van der Waals surface area contributed by atoms with Gasteiger partial charge in [0, 0.05) is 37.4 Å². The third-order valence-corrected chi connectivity index (χ3v) is 5.62. The Bertz CT molecular complexity index is 1250. The fourth-order valence-corrected chi connectivity index (χ4v) is 3.88. The molecule has 156 valence electrons. The van der Waals surface area contributed by atoms with Gasteiger partial charge >= 0.3 is 0 Å². The zero-order valence-electron chi connectivity index (χ0n) is 17.3. The minimum absolute atomic E-state index is 0.202. The van der Waals surface area contributed by atoms with Crippen LogP contribution in [0, 0.1) is 17.2 Å². The van der Waals surface area contributed by atoms with Gasteiger partial charge in [0.05, 0.1) is 47.9 Å². The molecule has 1 aliphatic heterocycles. The molecule has 10 nitrogen and oxygen atoms in total. The summed E-state index contributed by atoms with van der Waals surface area (Å²) < 4.78 is 3.67. The van der Waals surface area contributed by atoms with E-state index in [1.165, 1.54) is 0 Å². The summed E-state index contributed by atoms with van der Waals surface area (Å²) in [5.41, 5.74) is 3.99. The van der Waals surface area contributed by atoms with E-state index in [2.05, 4.69) is 50.3 Å². The predicted molar refractivity (Wildman–Crippen MR) is 115 cm³/mol. The zero-order valence-corrected chi connectivity index (χ0v) is 17.3. The van der Waals surface area contributed by atoms with Crippen molar-refractivity contribution in [3.63, 3.8) is 0 Å². The van der Waals surface area contributed by atoms with Gasteiger partial charge < -0.3 is 10.2 Å². The van der Waals surface area contributed by atoms with Gasteiger partial charge in [0.1, 0.15) is 6.07 Å². The summed E-state index contributed by atoms with van der Waals surface area (Å²) in [5, 5.41) is 21.3. The third kappa shape index (κ3) is 3.54. The highest BCUT2D eigenvalue weighted by Crippen LogP contribution is 2.27. The van der Waals surface area contributed by atoms with Gasteiger partial charge in [-0.25, -0.2) is 19.5 Å². The molecule has 4 aromatic heterocycles. The van der Waals surface area contributed by atoms with Crippen molar-refractivity contribution in [1.29, 1.82) is 5.26 Å². The number of nitrogens with one attached hydrogen (secondary N) is 1. The van der Waals surface area contributed by atoms with Gasteiger partial charge in [0.25, 0.3) is 0 Å². The largest absolute Gasteiger partial charge is 0.377 e. The zero-order chi connectivity index (χ0) is 21.4. The lowest BCUT2D eigenvalue weighted by atomic mass is 10.1. The van der Waals surface area contributed by atoms with Crippen molar-refractivity contribution < 1.29 is 0 Å². The van der Waals surface area contributed by atoms with Crippen molar-refractivity contribution in [3.8, 4) is 17.3 Å². The van der Waals surface area contributed by atoms with Crippen LogP contribution in [0.5, 0.6) is 0 Å². The van der Waals surface area contributed by atoms with Crippen LogP contribution in [-0.4, -0.2) is 53.5 Å². The molecule has 4 aromatic rings. The molecule has 31 heavy (non-hydrogen) atoms. The second-order valence-corrected chi connectivity index (χ2v) is 7.74. The van der Waals surface area contributed by atoms with Crippen LogP contribution >= 0.6 is 0 Å². The van der Waals surface area contributed by atoms with Crippen LogP contribution in [0.1, 0.15) is 19.4 Å². The second kappa shape index (κ2) is 7.68. The number of hydrogen-bond donors (Lipinski definition) is 1. The van der Waals surface area contributed by atoms with Crippen LogP contribution in [0.4, 0.5) is 11.6 Å². The summed E-state index contributed by atoms with van der Waals surface area (Å²) in [6.45, 7) is 6.67. The van der Waals surface area contributed by atoms with E-state index in [9.17, 15) is 0 Å². The van der Waals surface area contributed by atoms with Gasteiger partial charge in [-0.05, 0) is 18.9 Å². The van der Waals surface area contributed by atoms with E-state index in [1.54, 1.807) is 23.1 Å². The molecule has 0 unspecified atom stereocenters. The average molecular weight is 414 g/mol. The quantitative estimate of drug-likeness (QED) is 0.529. The number of anilines is 2. The summed E-state index contributed by atoms with van der Waals surface area (Å²) >= 11 is 0. The molecule has 1 N–H and O–H groups in total. The van der Waals surface area contributed by atoms with Crippen LogP contribution in [0.3, 0.4) is 0 Å². The lowest BCUT2D eigenvalue weighted by molar-refractivity contribution is 0.596. The Kier molecular flexibility index (Phi) is 4.71. The summed E-state index contributed by atoms with van der Waals surface area (Å²) in [6, 6.07) is 4.21. The van der Waals surface area contributed by atoms with Crippen LogP contribution in [0.25, 0.3) is 16.9 Å². The van der Waals surface area contributed by atoms with E-state index in [-0.39, 0.29) is 6.04 Å². The Morgan fingerprint density at radius 1 is 1.16 bits per heavy atom. The van der Waals surface area contributed by atoms with Crippen LogP contribution in [0.2, 0.25) is 0 Å². The molecular weight excluding hydrogens is 392 g/mol. The Balaban J connectivity index is 1.38. The van der Waals surface area contributed by atoms with Crippen molar-refractivity contribution in [1.82, 2.24) is 34.3 Å². The van der Waals surface area contributed by atoms with E-state index in [0.29, 0.717) is 17.4 Å². The number of imidazole rings is 1. The monoisotopic (exact) mass is 414 g/mol. The molecule has 1 fully saturated rings. The molecule has 0 saturated carbocycles. The third-order valence-electron chi connectivity index (χ3n) is 5.62. The van der Waals surface area contributed by atoms with Crippen molar-refractivity contribution >= 4 is 17.3 Å². The number of aromatic nitrogens is 7. The fraction of sp³-hybridized carbons (Fsp3) is 0.333. The molecule has 0 spiro atoms. The molecule has 1 saturated heterocycles. The van der Waals surface area contributed by atoms with Crippen molar-refractivity contribution in [3.05, 3.63) is 48.8 Å². The van der Waals surface area contributed by atoms with E-state index >= 15 is 0 Å². The number of nitrogens with zero attached hydrogens (tertiary/aromatic N) is 9. The number of rotatable bonds is 5. The highest BCUT2D eigenvalue weighted by Gasteiger charge is 2.31. The predicted octanol–water partition coefficient (Wildman–Crippen LogP) is 2.21. The lowest BCUT2D eigenvalue weighted by Gasteiger charge is -2.18. The molecule has 0 radical (unpaired) electrons. The SMILES string of the molecule is CCn1cc(-c2cn3nccc(N[C@@H]4CN(c5ncc(C#N)cn5)C[C@@H]4C)c3n2)cn1. The standard InChI is InChI=1S/C21H22N10/c1-3-30-11-16(9-26-30)19-13-31-20(28-19)17(4-5-25-31)27-18-12-29(10-14(18)2)21-23-7-15(6-22)8-24-21/h4-5,7-9,11,13-14,18,27H,3,10,12H2,1-2H3/t14-,18+/m0/s1. The lowest BCUT2D eigenvalue weighted by Crippen LogP contribution is -2.29. The van der Waals surface area contributed by atoms with Crippen molar-refractivity contribution in [2.45, 2.75) is 26.4 Å². The van der Waals surface area contributed by atoms with Gasteiger partial charge in [-0.3, -0.25) is 4.68 Å². The topological polar surface area (TPSA) is 113 Å². The second-order valence-electron chi connectivity index (χ2n) is 7.74. The van der Waals surface area contributed by atoms with Crippen molar-refractivity contribution in [2.24, 2.45) is 5.92 Å². The van der Waals surface area contributed by atoms with Gasteiger partial charge in [-0.2, -0.15) is 15.5 Å². The molecule has 1 aliphatic rings. The molecule has 10 heteroatoms. The van der Waals surface area contributed by atoms with Gasteiger partial charge in [-0.15, -0.1) is 0 Å². The fourth-order valence-electron chi connectivity index (χ4n) is 3.88. The van der Waals surface area contributed by atoms with Gasteiger partial charge in [-0.1, -0.05) is 6.92 Å². The first kappa shape index (κ1) is 19.0. The number of nitriles is 1. The molecule has 0 aromatic carbocycles. The highest BCUT2D eigenvalue weighted by molar-refractivity contribution is 5.72. The maximum atomic E-state index is 8.95. The molecular formula is C21H22N10. The first-order valence-corrected chi connectivity index (χ1v) is 10.3. The van der Waals surface area contributed by atoms with E-state index in [4.69, 9.17) is 10.2 Å². The van der Waals surface area contributed by atoms with E-state index in [0.717, 1.165) is 42.2 Å². The van der Waals surface area contributed by atoms with Crippen LogP contribution < -0.4 is 10.2 Å². The smallest absolute Gasteiger partial charge is 0.225 e.